The van der Waals surface area contributed by atoms with Crippen LogP contribution in [0.2, 0.25) is 0 Å². The van der Waals surface area contributed by atoms with Crippen molar-refractivity contribution in [3.8, 4) is 5.75 Å². The largest absolute Gasteiger partial charge is 0.494 e. The van der Waals surface area contributed by atoms with Crippen LogP contribution < -0.4 is 10.1 Å². The van der Waals surface area contributed by atoms with Crippen LogP contribution >= 0.6 is 0 Å². The van der Waals surface area contributed by atoms with E-state index in [0.717, 1.165) is 23.3 Å². The first kappa shape index (κ1) is 17.6. The number of nitrogens with one attached hydrogen (secondary N) is 1. The smallest absolute Gasteiger partial charge is 0.407 e. The number of alkyl carbamates (subject to hydrolysis) is 1. The molecule has 0 aliphatic heterocycles. The van der Waals surface area contributed by atoms with E-state index in [-0.39, 0.29) is 6.61 Å². The Hall–Kier alpha value is -2.75. The first-order valence-electron chi connectivity index (χ1n) is 8.12. The summed E-state index contributed by atoms with van der Waals surface area (Å²) >= 11 is 0. The first-order chi connectivity index (χ1) is 11.8. The van der Waals surface area contributed by atoms with E-state index < -0.39 is 6.09 Å². The van der Waals surface area contributed by atoms with Crippen LogP contribution in [0, 0.1) is 0 Å². The highest BCUT2D eigenvalue weighted by Crippen LogP contribution is 2.14. The fourth-order valence-electron chi connectivity index (χ4n) is 2.04. The van der Waals surface area contributed by atoms with Crippen LogP contribution in [0.4, 0.5) is 4.79 Å². The van der Waals surface area contributed by atoms with E-state index in [1.54, 1.807) is 0 Å². The summed E-state index contributed by atoms with van der Waals surface area (Å²) in [6, 6.07) is 17.4. The van der Waals surface area contributed by atoms with Gasteiger partial charge in [0, 0.05) is 6.54 Å². The highest BCUT2D eigenvalue weighted by atomic mass is 16.5. The zero-order valence-corrected chi connectivity index (χ0v) is 13.9. The van der Waals surface area contributed by atoms with Crippen molar-refractivity contribution in [2.24, 2.45) is 0 Å². The quantitative estimate of drug-likeness (QED) is 0.782. The maximum atomic E-state index is 11.6. The molecule has 4 heteroatoms. The van der Waals surface area contributed by atoms with Gasteiger partial charge in [-0.05, 0) is 29.7 Å². The summed E-state index contributed by atoms with van der Waals surface area (Å²) in [4.78, 5) is 11.6. The van der Waals surface area contributed by atoms with E-state index in [2.05, 4.69) is 12.2 Å². The lowest BCUT2D eigenvalue weighted by molar-refractivity contribution is 0.141. The Kier molecular flexibility index (Phi) is 7.41. The van der Waals surface area contributed by atoms with Crippen molar-refractivity contribution in [2.45, 2.75) is 20.0 Å². The van der Waals surface area contributed by atoms with E-state index in [9.17, 15) is 4.79 Å². The van der Waals surface area contributed by atoms with Gasteiger partial charge in [-0.3, -0.25) is 0 Å². The zero-order valence-electron chi connectivity index (χ0n) is 13.9. The number of amides is 1. The molecule has 0 atom stereocenters. The van der Waals surface area contributed by atoms with E-state index in [4.69, 9.17) is 9.47 Å². The summed E-state index contributed by atoms with van der Waals surface area (Å²) in [5.41, 5.74) is 2.00. The highest BCUT2D eigenvalue weighted by molar-refractivity contribution is 5.67. The van der Waals surface area contributed by atoms with Gasteiger partial charge in [0.15, 0.2) is 0 Å². The maximum Gasteiger partial charge on any atom is 0.407 e. The molecule has 0 spiro atoms. The van der Waals surface area contributed by atoms with Gasteiger partial charge in [0.25, 0.3) is 0 Å². The molecule has 0 unspecified atom stereocenters. The molecule has 4 nitrogen and oxygen atoms in total. The third-order valence-electron chi connectivity index (χ3n) is 3.22. The summed E-state index contributed by atoms with van der Waals surface area (Å²) in [5.74, 6) is 0.856. The number of hydrogen-bond acceptors (Lipinski definition) is 3. The van der Waals surface area contributed by atoms with Crippen molar-refractivity contribution in [2.75, 3.05) is 13.2 Å². The molecule has 0 bridgehead atoms. The minimum absolute atomic E-state index is 0.271. The molecule has 0 saturated carbocycles. The topological polar surface area (TPSA) is 47.6 Å². The third-order valence-corrected chi connectivity index (χ3v) is 3.22. The van der Waals surface area contributed by atoms with Crippen molar-refractivity contribution in [3.63, 3.8) is 0 Å². The van der Waals surface area contributed by atoms with Gasteiger partial charge < -0.3 is 14.8 Å². The van der Waals surface area contributed by atoms with Crippen molar-refractivity contribution in [3.05, 3.63) is 71.8 Å². The van der Waals surface area contributed by atoms with Gasteiger partial charge in [-0.1, -0.05) is 61.5 Å². The monoisotopic (exact) mass is 325 g/mol. The number of carbonyl (C=O) groups excluding carboxylic acids is 1. The van der Waals surface area contributed by atoms with Crippen LogP contribution in [0.1, 0.15) is 24.5 Å². The summed E-state index contributed by atoms with van der Waals surface area (Å²) in [6.07, 6.45) is 4.37. The normalized spacial score (nSPS) is 10.5. The van der Waals surface area contributed by atoms with Crippen molar-refractivity contribution >= 4 is 12.2 Å². The molecular formula is C20H23NO3. The van der Waals surface area contributed by atoms with Crippen LogP contribution in [0.25, 0.3) is 6.08 Å². The second kappa shape index (κ2) is 10.1. The van der Waals surface area contributed by atoms with Gasteiger partial charge in [-0.2, -0.15) is 0 Å². The summed E-state index contributed by atoms with van der Waals surface area (Å²) in [6.45, 7) is 3.47. The second-order valence-corrected chi connectivity index (χ2v) is 5.27. The molecule has 2 aromatic carbocycles. The number of ether oxygens (including phenoxy) is 2. The van der Waals surface area contributed by atoms with Gasteiger partial charge in [0.2, 0.25) is 0 Å². The minimum atomic E-state index is -0.427. The summed E-state index contributed by atoms with van der Waals surface area (Å²) in [7, 11) is 0. The fraction of sp³-hybridized carbons (Fsp3) is 0.250. The van der Waals surface area contributed by atoms with Crippen LogP contribution in [0.3, 0.4) is 0 Å². The third kappa shape index (κ3) is 6.57. The lowest BCUT2D eigenvalue weighted by atomic mass is 10.2. The first-order valence-corrected chi connectivity index (χ1v) is 8.12. The van der Waals surface area contributed by atoms with Crippen LogP contribution in [-0.2, 0) is 11.3 Å². The minimum Gasteiger partial charge on any atom is -0.494 e. The molecule has 0 radical (unpaired) electrons. The van der Waals surface area contributed by atoms with Crippen molar-refractivity contribution in [1.29, 1.82) is 0 Å². The van der Waals surface area contributed by atoms with Crippen molar-refractivity contribution in [1.82, 2.24) is 5.32 Å². The lowest BCUT2D eigenvalue weighted by Crippen LogP contribution is -2.24. The van der Waals surface area contributed by atoms with Gasteiger partial charge >= 0.3 is 6.09 Å². The van der Waals surface area contributed by atoms with Crippen LogP contribution in [-0.4, -0.2) is 19.2 Å². The molecule has 1 amide bonds. The Morgan fingerprint density at radius 1 is 1.12 bits per heavy atom. The van der Waals surface area contributed by atoms with E-state index in [1.165, 1.54) is 0 Å². The molecule has 126 valence electrons. The standard InChI is InChI=1S/C20H23NO3/c1-2-14-23-19-12-6-10-17(15-19)11-7-13-21-20(22)24-16-18-8-4-3-5-9-18/h3-12,15H,2,13-14,16H2,1H3,(H,21,22). The summed E-state index contributed by atoms with van der Waals surface area (Å²) < 4.78 is 10.7. The SMILES string of the molecule is CCCOc1cccc(C=CCNC(=O)OCc2ccccc2)c1. The van der Waals surface area contributed by atoms with E-state index in [1.807, 2.05) is 66.7 Å². The average molecular weight is 325 g/mol. The van der Waals surface area contributed by atoms with Crippen molar-refractivity contribution < 1.29 is 14.3 Å². The molecule has 0 aliphatic rings. The number of rotatable bonds is 8. The Morgan fingerprint density at radius 3 is 2.75 bits per heavy atom. The fourth-order valence-corrected chi connectivity index (χ4v) is 2.04. The van der Waals surface area contributed by atoms with E-state index in [0.29, 0.717) is 13.2 Å². The Morgan fingerprint density at radius 2 is 1.96 bits per heavy atom. The lowest BCUT2D eigenvalue weighted by Gasteiger charge is -2.06. The molecule has 24 heavy (non-hydrogen) atoms. The molecule has 1 N–H and O–H groups in total. The van der Waals surface area contributed by atoms with Gasteiger partial charge in [0.1, 0.15) is 12.4 Å². The molecule has 0 aromatic heterocycles. The summed E-state index contributed by atoms with van der Waals surface area (Å²) in [5, 5.41) is 2.69. The predicted octanol–water partition coefficient (Wildman–Crippen LogP) is 4.42. The molecule has 0 aliphatic carbocycles. The second-order valence-electron chi connectivity index (χ2n) is 5.27. The van der Waals surface area contributed by atoms with Gasteiger partial charge in [-0.25, -0.2) is 4.79 Å². The maximum absolute atomic E-state index is 11.6. The molecule has 2 aromatic rings. The highest BCUT2D eigenvalue weighted by Gasteiger charge is 2.00. The Labute approximate surface area is 143 Å². The molecule has 0 saturated heterocycles. The van der Waals surface area contributed by atoms with Gasteiger partial charge in [0.05, 0.1) is 6.61 Å². The number of hydrogen-bond donors (Lipinski definition) is 1. The van der Waals surface area contributed by atoms with Gasteiger partial charge in [-0.15, -0.1) is 0 Å². The molecule has 0 heterocycles. The number of benzene rings is 2. The Balaban J connectivity index is 1.71. The zero-order chi connectivity index (χ0) is 17.0. The predicted molar refractivity (Wildman–Crippen MR) is 95.9 cm³/mol. The van der Waals surface area contributed by atoms with E-state index >= 15 is 0 Å². The Bertz CT molecular complexity index is 653. The van der Waals surface area contributed by atoms with Crippen LogP contribution in [0.15, 0.2) is 60.7 Å². The molecule has 2 rings (SSSR count). The number of carbonyl (C=O) groups is 1. The van der Waals surface area contributed by atoms with Crippen LogP contribution in [0.5, 0.6) is 5.75 Å². The molecule has 0 fully saturated rings. The molecular weight excluding hydrogens is 302 g/mol. The average Bonchev–Trinajstić information content (AvgIpc) is 2.63.